The molecule has 1 amide bonds. The van der Waals surface area contributed by atoms with E-state index < -0.39 is 0 Å². The van der Waals surface area contributed by atoms with Crippen LogP contribution < -0.4 is 5.56 Å². The second-order valence-corrected chi connectivity index (χ2v) is 5.21. The molecule has 3 heterocycles. The van der Waals surface area contributed by atoms with Crippen molar-refractivity contribution >= 4 is 5.91 Å². The average molecular weight is 272 g/mol. The molecule has 0 N–H and O–H groups in total. The number of pyridine rings is 1. The summed E-state index contributed by atoms with van der Waals surface area (Å²) in [6, 6.07) is 1.62. The van der Waals surface area contributed by atoms with Crippen LogP contribution in [0.3, 0.4) is 0 Å². The summed E-state index contributed by atoms with van der Waals surface area (Å²) in [5, 5.41) is 4.02. The predicted molar refractivity (Wildman–Crippen MR) is 73.2 cm³/mol. The first kappa shape index (κ1) is 12.7. The van der Waals surface area contributed by atoms with E-state index in [4.69, 9.17) is 0 Å². The fourth-order valence-electron chi connectivity index (χ4n) is 2.64. The molecule has 0 aliphatic carbocycles. The molecule has 1 aliphatic heterocycles. The highest BCUT2D eigenvalue weighted by Gasteiger charge is 2.28. The van der Waals surface area contributed by atoms with Crippen molar-refractivity contribution in [2.24, 2.45) is 14.1 Å². The Morgan fingerprint density at radius 3 is 2.70 bits per heavy atom. The first-order valence-corrected chi connectivity index (χ1v) is 6.43. The summed E-state index contributed by atoms with van der Waals surface area (Å²) in [6.45, 7) is 2.93. The van der Waals surface area contributed by atoms with Gasteiger partial charge in [-0.15, -0.1) is 0 Å². The quantitative estimate of drug-likeness (QED) is 0.763. The molecule has 6 nitrogen and oxygen atoms in total. The lowest BCUT2D eigenvalue weighted by Crippen LogP contribution is -2.26. The molecule has 6 heteroatoms. The van der Waals surface area contributed by atoms with Gasteiger partial charge in [0.2, 0.25) is 0 Å². The van der Waals surface area contributed by atoms with Crippen molar-refractivity contribution in [2.75, 3.05) is 0 Å². The number of hydrogen-bond donors (Lipinski definition) is 0. The maximum atomic E-state index is 12.4. The minimum Gasteiger partial charge on any atom is -0.328 e. The summed E-state index contributed by atoms with van der Waals surface area (Å²) in [4.78, 5) is 26.0. The molecular weight excluding hydrogens is 256 g/mol. The van der Waals surface area contributed by atoms with Crippen molar-refractivity contribution in [3.63, 3.8) is 0 Å². The molecule has 0 saturated heterocycles. The Labute approximate surface area is 116 Å². The van der Waals surface area contributed by atoms with Gasteiger partial charge in [0.25, 0.3) is 11.5 Å². The molecule has 0 bridgehead atoms. The summed E-state index contributed by atoms with van der Waals surface area (Å²) in [6.07, 6.45) is 3.27. The van der Waals surface area contributed by atoms with E-state index in [9.17, 15) is 9.59 Å². The van der Waals surface area contributed by atoms with E-state index in [2.05, 4.69) is 5.10 Å². The molecule has 2 aromatic heterocycles. The maximum absolute atomic E-state index is 12.4. The predicted octanol–water partition coefficient (Wildman–Crippen LogP) is 0.583. The van der Waals surface area contributed by atoms with Gasteiger partial charge in [0, 0.05) is 38.6 Å². The van der Waals surface area contributed by atoms with E-state index >= 15 is 0 Å². The number of fused-ring (bicyclic) bond motifs is 1. The molecule has 0 spiro atoms. The second kappa shape index (κ2) is 4.33. The molecule has 104 valence electrons. The van der Waals surface area contributed by atoms with Gasteiger partial charge >= 0.3 is 0 Å². The Balaban J connectivity index is 1.95. The van der Waals surface area contributed by atoms with Crippen LogP contribution in [-0.4, -0.2) is 25.2 Å². The topological polar surface area (TPSA) is 60.1 Å². The lowest BCUT2D eigenvalue weighted by Gasteiger charge is -2.13. The number of hydrogen-bond acceptors (Lipinski definition) is 3. The van der Waals surface area contributed by atoms with Crippen molar-refractivity contribution in [2.45, 2.75) is 20.0 Å². The minimum absolute atomic E-state index is 0.0306. The first-order valence-electron chi connectivity index (χ1n) is 6.43. The summed E-state index contributed by atoms with van der Waals surface area (Å²) in [5.41, 5.74) is 3.49. The highest BCUT2D eigenvalue weighted by molar-refractivity contribution is 5.94. The van der Waals surface area contributed by atoms with Gasteiger partial charge in [0.15, 0.2) is 0 Å². The highest BCUT2D eigenvalue weighted by atomic mass is 16.2. The number of carbonyl (C=O) groups excluding carboxylic acids is 1. The molecule has 0 atom stereocenters. The van der Waals surface area contributed by atoms with Gasteiger partial charge in [-0.2, -0.15) is 5.10 Å². The van der Waals surface area contributed by atoms with Crippen LogP contribution in [0.4, 0.5) is 0 Å². The largest absolute Gasteiger partial charge is 0.328 e. The van der Waals surface area contributed by atoms with E-state index in [1.54, 1.807) is 46.7 Å². The minimum atomic E-state index is -0.0545. The van der Waals surface area contributed by atoms with Crippen molar-refractivity contribution in [3.05, 3.63) is 51.2 Å². The Morgan fingerprint density at radius 2 is 2.05 bits per heavy atom. The van der Waals surface area contributed by atoms with Crippen LogP contribution >= 0.6 is 0 Å². The van der Waals surface area contributed by atoms with Gasteiger partial charge in [-0.3, -0.25) is 14.3 Å². The second-order valence-electron chi connectivity index (χ2n) is 5.21. The molecule has 1 aliphatic rings. The van der Waals surface area contributed by atoms with Crippen molar-refractivity contribution in [1.29, 1.82) is 0 Å². The van der Waals surface area contributed by atoms with E-state index in [0.717, 1.165) is 16.8 Å². The number of carbonyl (C=O) groups is 1. The van der Waals surface area contributed by atoms with Gasteiger partial charge in [0.1, 0.15) is 0 Å². The Bertz CT molecular complexity index is 757. The molecule has 0 aromatic carbocycles. The fraction of sp³-hybridized carbons (Fsp3) is 0.357. The third kappa shape index (κ3) is 1.84. The molecular formula is C14H16N4O2. The number of nitrogens with zero attached hydrogens (tertiary/aromatic N) is 4. The van der Waals surface area contributed by atoms with E-state index in [1.807, 2.05) is 6.92 Å². The zero-order valence-electron chi connectivity index (χ0n) is 11.8. The van der Waals surface area contributed by atoms with E-state index in [-0.39, 0.29) is 11.5 Å². The SMILES string of the molecule is Cc1cc(=O)n(C)c2c1CN(C(=O)c1cnn(C)c1)C2. The molecule has 0 saturated carbocycles. The molecule has 20 heavy (non-hydrogen) atoms. The van der Waals surface area contributed by atoms with Crippen LogP contribution in [0.15, 0.2) is 23.3 Å². The van der Waals surface area contributed by atoms with Crippen LogP contribution in [0.25, 0.3) is 0 Å². The zero-order chi connectivity index (χ0) is 14.4. The average Bonchev–Trinajstić information content (AvgIpc) is 3.02. The standard InChI is InChI=1S/C14H16N4O2/c1-9-4-13(19)17(3)12-8-18(7-11(9)12)14(20)10-5-15-16(2)6-10/h4-6H,7-8H2,1-3H3. The van der Waals surface area contributed by atoms with Crippen LogP contribution in [0.1, 0.15) is 27.2 Å². The number of amides is 1. The molecule has 0 fully saturated rings. The van der Waals surface area contributed by atoms with Gasteiger partial charge in [0.05, 0.1) is 18.3 Å². The van der Waals surface area contributed by atoms with Gasteiger partial charge in [-0.05, 0) is 18.1 Å². The van der Waals surface area contributed by atoms with Crippen molar-refractivity contribution in [3.8, 4) is 0 Å². The van der Waals surface area contributed by atoms with Gasteiger partial charge in [-0.25, -0.2) is 0 Å². The normalized spacial score (nSPS) is 13.7. The van der Waals surface area contributed by atoms with Crippen LogP contribution in [0.2, 0.25) is 0 Å². The smallest absolute Gasteiger partial charge is 0.257 e. The number of aromatic nitrogens is 3. The van der Waals surface area contributed by atoms with Gasteiger partial charge in [-0.1, -0.05) is 0 Å². The summed E-state index contributed by atoms with van der Waals surface area (Å²) < 4.78 is 3.23. The summed E-state index contributed by atoms with van der Waals surface area (Å²) in [7, 11) is 3.53. The Kier molecular flexibility index (Phi) is 2.74. The maximum Gasteiger partial charge on any atom is 0.257 e. The fourth-order valence-corrected chi connectivity index (χ4v) is 2.64. The van der Waals surface area contributed by atoms with E-state index in [0.29, 0.717) is 18.7 Å². The van der Waals surface area contributed by atoms with Crippen LogP contribution in [0.5, 0.6) is 0 Å². The lowest BCUT2D eigenvalue weighted by atomic mass is 10.1. The third-order valence-electron chi connectivity index (χ3n) is 3.83. The first-order chi connectivity index (χ1) is 9.47. The highest BCUT2D eigenvalue weighted by Crippen LogP contribution is 2.25. The van der Waals surface area contributed by atoms with Crippen molar-refractivity contribution in [1.82, 2.24) is 19.2 Å². The molecule has 2 aromatic rings. The monoisotopic (exact) mass is 272 g/mol. The van der Waals surface area contributed by atoms with Crippen molar-refractivity contribution < 1.29 is 4.79 Å². The van der Waals surface area contributed by atoms with E-state index in [1.165, 1.54) is 0 Å². The molecule has 0 unspecified atom stereocenters. The number of aryl methyl sites for hydroxylation is 2. The van der Waals surface area contributed by atoms with Crippen LogP contribution in [-0.2, 0) is 27.2 Å². The lowest BCUT2D eigenvalue weighted by molar-refractivity contribution is 0.0749. The Morgan fingerprint density at radius 1 is 1.30 bits per heavy atom. The number of rotatable bonds is 1. The zero-order valence-corrected chi connectivity index (χ0v) is 11.8. The van der Waals surface area contributed by atoms with Gasteiger partial charge < -0.3 is 9.47 Å². The third-order valence-corrected chi connectivity index (χ3v) is 3.83. The molecule has 0 radical (unpaired) electrons. The molecule has 3 rings (SSSR count). The van der Waals surface area contributed by atoms with Crippen LogP contribution in [0, 0.1) is 6.92 Å². The Hall–Kier alpha value is -2.37. The summed E-state index contributed by atoms with van der Waals surface area (Å²) in [5.74, 6) is -0.0545. The summed E-state index contributed by atoms with van der Waals surface area (Å²) >= 11 is 0.